The summed E-state index contributed by atoms with van der Waals surface area (Å²) in [6, 6.07) is 0. The highest BCUT2D eigenvalue weighted by Gasteiger charge is 2.11. The molecule has 1 aromatic heterocycles. The number of halogens is 1. The Morgan fingerprint density at radius 2 is 1.89 bits per heavy atom. The number of aryl methyl sites for hydroxylation is 1. The molecule has 0 spiro atoms. The van der Waals surface area contributed by atoms with Crippen LogP contribution in [0.3, 0.4) is 0 Å². The standard InChI is InChI=1S/C14H24BrN3O/c1-4-7-11-13(15)14(16-9-5-2)18-12(17-11)8-10-19-6-3/h4-10H2,1-3H3,(H,16,17,18). The molecule has 0 unspecified atom stereocenters. The van der Waals surface area contributed by atoms with Crippen molar-refractivity contribution in [2.45, 2.75) is 46.5 Å². The van der Waals surface area contributed by atoms with Crippen molar-refractivity contribution >= 4 is 21.7 Å². The molecule has 1 heterocycles. The van der Waals surface area contributed by atoms with E-state index in [1.807, 2.05) is 6.92 Å². The van der Waals surface area contributed by atoms with Crippen LogP contribution in [-0.4, -0.2) is 29.7 Å². The van der Waals surface area contributed by atoms with Gasteiger partial charge in [0.1, 0.15) is 11.6 Å². The zero-order valence-electron chi connectivity index (χ0n) is 12.1. The molecule has 1 rings (SSSR count). The summed E-state index contributed by atoms with van der Waals surface area (Å²) in [5, 5.41) is 3.35. The number of aromatic nitrogens is 2. The smallest absolute Gasteiger partial charge is 0.144 e. The molecule has 0 aliphatic heterocycles. The lowest BCUT2D eigenvalue weighted by atomic mass is 10.2. The number of hydrogen-bond acceptors (Lipinski definition) is 4. The fraction of sp³-hybridized carbons (Fsp3) is 0.714. The third-order valence-electron chi connectivity index (χ3n) is 2.67. The second-order valence-corrected chi connectivity index (χ2v) is 5.17. The molecule has 0 atom stereocenters. The summed E-state index contributed by atoms with van der Waals surface area (Å²) < 4.78 is 6.38. The van der Waals surface area contributed by atoms with Crippen molar-refractivity contribution in [3.8, 4) is 0 Å². The van der Waals surface area contributed by atoms with E-state index in [-0.39, 0.29) is 0 Å². The first-order valence-electron chi connectivity index (χ1n) is 7.09. The van der Waals surface area contributed by atoms with Gasteiger partial charge in [-0.25, -0.2) is 9.97 Å². The predicted molar refractivity (Wildman–Crippen MR) is 82.7 cm³/mol. The van der Waals surface area contributed by atoms with Crippen molar-refractivity contribution in [3.63, 3.8) is 0 Å². The van der Waals surface area contributed by atoms with Gasteiger partial charge in [-0.3, -0.25) is 0 Å². The normalized spacial score (nSPS) is 10.7. The molecular formula is C14H24BrN3O. The molecule has 1 aromatic rings. The molecule has 5 heteroatoms. The summed E-state index contributed by atoms with van der Waals surface area (Å²) in [4.78, 5) is 9.20. The molecule has 108 valence electrons. The van der Waals surface area contributed by atoms with E-state index >= 15 is 0 Å². The van der Waals surface area contributed by atoms with Crippen LogP contribution in [0, 0.1) is 0 Å². The fourth-order valence-electron chi connectivity index (χ4n) is 1.73. The molecule has 0 fully saturated rings. The molecule has 0 aliphatic carbocycles. The number of nitrogens with one attached hydrogen (secondary N) is 1. The average Bonchev–Trinajstić information content (AvgIpc) is 2.41. The average molecular weight is 330 g/mol. The van der Waals surface area contributed by atoms with Gasteiger partial charge < -0.3 is 10.1 Å². The molecule has 0 saturated carbocycles. The first kappa shape index (κ1) is 16.4. The summed E-state index contributed by atoms with van der Waals surface area (Å²) in [6.07, 6.45) is 3.88. The topological polar surface area (TPSA) is 47.0 Å². The fourth-order valence-corrected chi connectivity index (χ4v) is 2.24. The minimum atomic E-state index is 0.677. The zero-order chi connectivity index (χ0) is 14.1. The van der Waals surface area contributed by atoms with E-state index in [0.29, 0.717) is 6.61 Å². The molecular weight excluding hydrogens is 306 g/mol. The predicted octanol–water partition coefficient (Wildman–Crippen LogP) is 3.59. The molecule has 0 radical (unpaired) electrons. The quantitative estimate of drug-likeness (QED) is 0.703. The van der Waals surface area contributed by atoms with Crippen LogP contribution in [0.1, 0.15) is 45.1 Å². The summed E-state index contributed by atoms with van der Waals surface area (Å²) in [5.74, 6) is 1.77. The first-order chi connectivity index (χ1) is 9.22. The molecule has 4 nitrogen and oxygen atoms in total. The summed E-state index contributed by atoms with van der Waals surface area (Å²) >= 11 is 3.61. The van der Waals surface area contributed by atoms with E-state index in [1.54, 1.807) is 0 Å². The summed E-state index contributed by atoms with van der Waals surface area (Å²) in [5.41, 5.74) is 1.09. The van der Waals surface area contributed by atoms with Gasteiger partial charge in [-0.2, -0.15) is 0 Å². The monoisotopic (exact) mass is 329 g/mol. The van der Waals surface area contributed by atoms with Crippen LogP contribution in [0.25, 0.3) is 0 Å². The highest BCUT2D eigenvalue weighted by Crippen LogP contribution is 2.25. The molecule has 0 aromatic carbocycles. The van der Waals surface area contributed by atoms with Crippen LogP contribution in [0.2, 0.25) is 0 Å². The Morgan fingerprint density at radius 3 is 2.53 bits per heavy atom. The van der Waals surface area contributed by atoms with Gasteiger partial charge in [0.05, 0.1) is 16.8 Å². The van der Waals surface area contributed by atoms with E-state index in [2.05, 4.69) is 45.1 Å². The third-order valence-corrected chi connectivity index (χ3v) is 3.50. The van der Waals surface area contributed by atoms with Gasteiger partial charge in [-0.1, -0.05) is 20.3 Å². The van der Waals surface area contributed by atoms with Crippen LogP contribution < -0.4 is 5.32 Å². The van der Waals surface area contributed by atoms with Crippen LogP contribution in [0.15, 0.2) is 4.47 Å². The highest BCUT2D eigenvalue weighted by molar-refractivity contribution is 9.10. The van der Waals surface area contributed by atoms with Gasteiger partial charge in [-0.15, -0.1) is 0 Å². The Bertz CT molecular complexity index is 385. The second kappa shape index (κ2) is 9.26. The van der Waals surface area contributed by atoms with Crippen LogP contribution >= 0.6 is 15.9 Å². The lowest BCUT2D eigenvalue weighted by Crippen LogP contribution is -2.11. The lowest BCUT2D eigenvalue weighted by Gasteiger charge is -2.12. The largest absolute Gasteiger partial charge is 0.381 e. The lowest BCUT2D eigenvalue weighted by molar-refractivity contribution is 0.149. The van der Waals surface area contributed by atoms with Crippen LogP contribution in [0.4, 0.5) is 5.82 Å². The Balaban J connectivity index is 2.87. The van der Waals surface area contributed by atoms with E-state index < -0.39 is 0 Å². The maximum Gasteiger partial charge on any atom is 0.144 e. The SMILES string of the molecule is CCCNc1nc(CCOCC)nc(CCC)c1Br. The summed E-state index contributed by atoms with van der Waals surface area (Å²) in [6.45, 7) is 8.64. The van der Waals surface area contributed by atoms with Crippen molar-refractivity contribution in [2.24, 2.45) is 0 Å². The van der Waals surface area contributed by atoms with Crippen LogP contribution in [-0.2, 0) is 17.6 Å². The minimum absolute atomic E-state index is 0.677. The molecule has 0 aliphatic rings. The first-order valence-corrected chi connectivity index (χ1v) is 7.89. The van der Waals surface area contributed by atoms with E-state index in [9.17, 15) is 0 Å². The second-order valence-electron chi connectivity index (χ2n) is 4.37. The third kappa shape index (κ3) is 5.45. The maximum absolute atomic E-state index is 5.38. The van der Waals surface area contributed by atoms with E-state index in [0.717, 1.165) is 60.6 Å². The number of ether oxygens (including phenoxy) is 1. The zero-order valence-corrected chi connectivity index (χ0v) is 13.7. The Labute approximate surface area is 124 Å². The van der Waals surface area contributed by atoms with Crippen molar-refractivity contribution in [1.29, 1.82) is 0 Å². The van der Waals surface area contributed by atoms with Gasteiger partial charge in [0.25, 0.3) is 0 Å². The molecule has 0 saturated heterocycles. The molecule has 0 amide bonds. The Hall–Kier alpha value is -0.680. The summed E-state index contributed by atoms with van der Waals surface area (Å²) in [7, 11) is 0. The molecule has 1 N–H and O–H groups in total. The Kier molecular flexibility index (Phi) is 7.98. The maximum atomic E-state index is 5.38. The van der Waals surface area contributed by atoms with E-state index in [4.69, 9.17) is 4.74 Å². The Morgan fingerprint density at radius 1 is 1.11 bits per heavy atom. The minimum Gasteiger partial charge on any atom is -0.381 e. The van der Waals surface area contributed by atoms with Crippen molar-refractivity contribution in [3.05, 3.63) is 16.0 Å². The van der Waals surface area contributed by atoms with E-state index in [1.165, 1.54) is 0 Å². The van der Waals surface area contributed by atoms with Gasteiger partial charge >= 0.3 is 0 Å². The molecule has 19 heavy (non-hydrogen) atoms. The number of rotatable bonds is 9. The van der Waals surface area contributed by atoms with Crippen molar-refractivity contribution < 1.29 is 4.74 Å². The number of anilines is 1. The number of hydrogen-bond donors (Lipinski definition) is 1. The van der Waals surface area contributed by atoms with Gasteiger partial charge in [-0.05, 0) is 35.7 Å². The molecule has 0 bridgehead atoms. The van der Waals surface area contributed by atoms with Gasteiger partial charge in [0.2, 0.25) is 0 Å². The van der Waals surface area contributed by atoms with Gasteiger partial charge in [0.15, 0.2) is 0 Å². The van der Waals surface area contributed by atoms with Crippen molar-refractivity contribution in [1.82, 2.24) is 9.97 Å². The number of nitrogens with zero attached hydrogens (tertiary/aromatic N) is 2. The van der Waals surface area contributed by atoms with Gasteiger partial charge in [0, 0.05) is 19.6 Å². The highest BCUT2D eigenvalue weighted by atomic mass is 79.9. The van der Waals surface area contributed by atoms with Crippen molar-refractivity contribution in [2.75, 3.05) is 25.1 Å². The van der Waals surface area contributed by atoms with Crippen LogP contribution in [0.5, 0.6) is 0 Å².